The van der Waals surface area contributed by atoms with Crippen molar-refractivity contribution in [3.05, 3.63) is 0 Å². The zero-order valence-corrected chi connectivity index (χ0v) is 53.3. The van der Waals surface area contributed by atoms with Crippen LogP contribution in [-0.4, -0.2) is 262 Å². The van der Waals surface area contributed by atoms with Gasteiger partial charge in [0.2, 0.25) is 59.6 Å². The highest BCUT2D eigenvalue weighted by Crippen LogP contribution is 2.13. The molecule has 0 aliphatic rings. The maximum atomic E-state index is 12.8. The number of aliphatic carboxylic acids is 4. The molecule has 0 aromatic carbocycles. The average Bonchev–Trinajstić information content (AvgIpc) is 3.65. The molecule has 0 aromatic heterocycles. The lowest BCUT2D eigenvalue weighted by atomic mass is 10.1. The number of alkyl halides is 1. The number of hydrogen-bond acceptors (Lipinski definition) is 22. The van der Waals surface area contributed by atoms with Gasteiger partial charge in [0.1, 0.15) is 50.0 Å². The van der Waals surface area contributed by atoms with Crippen LogP contribution in [0, 0.1) is 0 Å². The number of halogens is 2. The third kappa shape index (κ3) is 44.2. The van der Waals surface area contributed by atoms with E-state index in [0.717, 1.165) is 0 Å². The summed E-state index contributed by atoms with van der Waals surface area (Å²) in [5.41, 5.74) is 5.28. The average molecular weight is 1490 g/mol. The number of nitrogens with one attached hydrogen (secondary N) is 10. The summed E-state index contributed by atoms with van der Waals surface area (Å²) in [5.74, 6) is -11.0. The monoisotopic (exact) mass is 1490 g/mol. The van der Waals surface area contributed by atoms with Crippen LogP contribution in [0.1, 0.15) is 77.6 Å². The van der Waals surface area contributed by atoms with E-state index in [9.17, 15) is 87.5 Å². The number of primary amides is 1. The van der Waals surface area contributed by atoms with Crippen molar-refractivity contribution < 1.29 is 121 Å². The van der Waals surface area contributed by atoms with Gasteiger partial charge < -0.3 is 108 Å². The number of carboxylic acids is 4. The predicted molar refractivity (Wildman–Crippen MR) is 321 cm³/mol. The minimum absolute atomic E-state index is 0.0103. The standard InChI is InChI=1S/C50H85I2N11O25/c1-31(65)44(45(53)73)62-46(74)32(63-52-51-2)5-3-4-14-54-37(66)11-7-34(48(77)78)59-41(70)27-86-25-22-84-19-16-56-39(68)13-9-36(50(81)82)61-43(72)29-88-26-23-85-20-17-57-40(69)12-8-35(49(79)80)60-42(71)28-87-24-21-83-18-15-55-38(67)10-6-33(47(75)76)58-30-64/h30-36,44,63,65H,3-29H2,1-2H3,(H2,53,73)(H,54,66)(H,55,67)(H,56,68)(H,57,69)(H,58,64)(H,59,70)(H,60,71)(H,61,72)(H,62,74)(H,75,76)(H,77,78)(H,79,80)(H,81,82)/t31-,32+,33+,34+,35+,36+,44+/m1/s1. The number of aliphatic hydroxyl groups is 1. The summed E-state index contributed by atoms with van der Waals surface area (Å²) in [4.78, 5) is 169. The number of unbranched alkanes of at least 4 members (excludes halogenated alkanes) is 1. The zero-order valence-electron chi connectivity index (χ0n) is 48.9. The molecule has 10 amide bonds. The van der Waals surface area contributed by atoms with Crippen LogP contribution < -0.4 is 57.1 Å². The molecule has 0 aliphatic carbocycles. The molecule has 0 bridgehead atoms. The summed E-state index contributed by atoms with van der Waals surface area (Å²) in [7, 11) is 0. The highest BCUT2D eigenvalue weighted by Gasteiger charge is 2.28. The molecule has 0 radical (unpaired) electrons. The first-order chi connectivity index (χ1) is 41.9. The second-order valence-corrected chi connectivity index (χ2v) is 28.7. The first-order valence-corrected chi connectivity index (χ1v) is 37.1. The molecule has 0 aliphatic heterocycles. The SMILES string of the molecule is CI=IN[C@@H](CCCCNC(=O)CC[C@H](NC(=O)COCCOCCNC(=O)CC[C@H](NC(=O)COCCOCCNC(=O)CC[C@H](NC(=O)COCCOCCNC(=O)CC[C@H](NC=O)C(=O)O)C(=O)O)C(=O)O)C(=O)O)C(=O)N[C@H](C(N)=O)[C@@H](C)O. The van der Waals surface area contributed by atoms with Crippen molar-refractivity contribution in [2.24, 2.45) is 5.73 Å². The molecule has 0 aromatic rings. The van der Waals surface area contributed by atoms with Crippen LogP contribution in [0.5, 0.6) is 0 Å². The van der Waals surface area contributed by atoms with Gasteiger partial charge in [-0.3, -0.25) is 47.9 Å². The predicted octanol–water partition coefficient (Wildman–Crippen LogP) is -5.54. The Labute approximate surface area is 522 Å². The van der Waals surface area contributed by atoms with E-state index in [1.54, 1.807) is 0 Å². The Balaban J connectivity index is 4.19. The van der Waals surface area contributed by atoms with Crippen LogP contribution in [0.25, 0.3) is 0 Å². The number of rotatable bonds is 56. The van der Waals surface area contributed by atoms with Gasteiger partial charge in [-0.15, -0.1) is 0 Å². The first kappa shape index (κ1) is 81.7. The van der Waals surface area contributed by atoms with Gasteiger partial charge in [0.05, 0.1) is 71.6 Å². The zero-order chi connectivity index (χ0) is 66.1. The van der Waals surface area contributed by atoms with Crippen LogP contribution in [0.2, 0.25) is 0 Å². The van der Waals surface area contributed by atoms with E-state index < -0.39 is 139 Å². The summed E-state index contributed by atoms with van der Waals surface area (Å²) in [5, 5.41) is 68.9. The fraction of sp³-hybridized carbons (Fsp3) is 0.720. The van der Waals surface area contributed by atoms with Crippen molar-refractivity contribution in [1.29, 1.82) is 0 Å². The smallest absolute Gasteiger partial charge is 0.326 e. The van der Waals surface area contributed by atoms with Crippen molar-refractivity contribution in [1.82, 2.24) is 51.4 Å². The molecule has 36 nitrogen and oxygen atoms in total. The van der Waals surface area contributed by atoms with E-state index in [4.69, 9.17) is 39.3 Å². The fourth-order valence-electron chi connectivity index (χ4n) is 6.95. The van der Waals surface area contributed by atoms with Gasteiger partial charge in [-0.05, 0) is 56.8 Å². The van der Waals surface area contributed by atoms with Gasteiger partial charge in [0, 0.05) is 68.7 Å². The van der Waals surface area contributed by atoms with Crippen molar-refractivity contribution in [3.63, 3.8) is 0 Å². The van der Waals surface area contributed by atoms with Gasteiger partial charge in [-0.2, -0.15) is 0 Å². The Kier molecular flexibility index (Phi) is 47.9. The minimum Gasteiger partial charge on any atom is -0.480 e. The van der Waals surface area contributed by atoms with Gasteiger partial charge in [-0.1, -0.05) is 16.6 Å². The number of carbonyl (C=O) groups excluding carboxylic acids is 10. The molecule has 0 spiro atoms. The van der Waals surface area contributed by atoms with E-state index in [-0.39, 0.29) is 177 Å². The maximum absolute atomic E-state index is 12.8. The number of nitrogens with two attached hydrogens (primary N) is 1. The van der Waals surface area contributed by atoms with Gasteiger partial charge in [0.15, 0.2) is 0 Å². The number of hydrogen-bond donors (Lipinski definition) is 16. The molecule has 7 atom stereocenters. The molecule has 0 fully saturated rings. The molecule has 0 saturated heterocycles. The second kappa shape index (κ2) is 51.6. The molecule has 0 heterocycles. The topological polar surface area (TPSA) is 542 Å². The molecular weight excluding hydrogens is 1410 g/mol. The fourth-order valence-corrected chi connectivity index (χ4v) is 11.5. The third-order valence-corrected chi connectivity index (χ3v) is 17.2. The Bertz CT molecular complexity index is 2240. The molecule has 17 N–H and O–H groups in total. The van der Waals surface area contributed by atoms with Crippen molar-refractivity contribution >= 4 is 117 Å². The lowest BCUT2D eigenvalue weighted by Crippen LogP contribution is -2.54. The van der Waals surface area contributed by atoms with Crippen molar-refractivity contribution in [2.45, 2.75) is 120 Å². The van der Waals surface area contributed by atoms with E-state index in [0.29, 0.717) is 19.3 Å². The first-order valence-electron chi connectivity index (χ1n) is 27.6. The summed E-state index contributed by atoms with van der Waals surface area (Å²) in [6.07, 6.45) is -1.23. The van der Waals surface area contributed by atoms with Crippen LogP contribution in [0.3, 0.4) is 0 Å². The summed E-state index contributed by atoms with van der Waals surface area (Å²) < 4.78 is 34.7. The number of carbonyl (C=O) groups is 14. The van der Waals surface area contributed by atoms with E-state index >= 15 is 0 Å². The lowest BCUT2D eigenvalue weighted by Gasteiger charge is -2.22. The Morgan fingerprint density at radius 3 is 1.10 bits per heavy atom. The normalized spacial score (nSPS) is 13.6. The van der Waals surface area contributed by atoms with Gasteiger partial charge in [-0.25, -0.2) is 22.7 Å². The molecule has 38 heteroatoms. The largest absolute Gasteiger partial charge is 0.480 e. The minimum atomic E-state index is -1.42. The Morgan fingerprint density at radius 2 is 0.784 bits per heavy atom. The highest BCUT2D eigenvalue weighted by atomic mass is 128. The Hall–Kier alpha value is -6.28. The Morgan fingerprint density at radius 1 is 0.443 bits per heavy atom. The number of carboxylic acid groups (broad SMARTS) is 4. The number of amides is 10. The second-order valence-electron chi connectivity index (χ2n) is 18.6. The van der Waals surface area contributed by atoms with E-state index in [1.807, 2.05) is 0 Å². The molecule has 0 unspecified atom stereocenters. The maximum Gasteiger partial charge on any atom is 0.326 e. The molecule has 88 heavy (non-hydrogen) atoms. The lowest BCUT2D eigenvalue weighted by molar-refractivity contribution is -0.143. The summed E-state index contributed by atoms with van der Waals surface area (Å²) >= 11 is -0.477. The quantitative estimate of drug-likeness (QED) is 0.00888. The molecule has 0 saturated carbocycles. The van der Waals surface area contributed by atoms with Crippen LogP contribution in [-0.2, 0) is 95.5 Å². The van der Waals surface area contributed by atoms with Crippen LogP contribution in [0.15, 0.2) is 0 Å². The van der Waals surface area contributed by atoms with Gasteiger partial charge >= 0.3 is 23.9 Å². The highest BCUT2D eigenvalue weighted by molar-refractivity contribution is 14.8. The van der Waals surface area contributed by atoms with E-state index in [2.05, 4.69) is 56.3 Å². The summed E-state index contributed by atoms with van der Waals surface area (Å²) in [6.45, 7) is 0.0638. The van der Waals surface area contributed by atoms with Crippen LogP contribution in [0.4, 0.5) is 0 Å². The van der Waals surface area contributed by atoms with E-state index in [1.165, 1.54) is 6.92 Å². The van der Waals surface area contributed by atoms with Crippen LogP contribution >= 0.6 is 33.5 Å². The van der Waals surface area contributed by atoms with Gasteiger partial charge in [0.25, 0.3) is 0 Å². The molecule has 504 valence electrons. The molecule has 0 rings (SSSR count). The summed E-state index contributed by atoms with van der Waals surface area (Å²) in [6, 6.07) is -7.22. The van der Waals surface area contributed by atoms with Crippen molar-refractivity contribution in [3.8, 4) is 0 Å². The number of aliphatic hydroxyl groups excluding tert-OH is 1. The van der Waals surface area contributed by atoms with Crippen molar-refractivity contribution in [2.75, 3.05) is 110 Å². The molecular formula is C50H85I2N11O25. The third-order valence-electron chi connectivity index (χ3n) is 11.5. The number of ether oxygens (including phenoxy) is 6.